The molecule has 0 aliphatic carbocycles. The van der Waals surface area contributed by atoms with Crippen molar-refractivity contribution in [2.45, 2.75) is 26.3 Å². The van der Waals surface area contributed by atoms with Crippen molar-refractivity contribution in [2.24, 2.45) is 0 Å². The minimum atomic E-state index is -4.81. The molecule has 0 radical (unpaired) electrons. The van der Waals surface area contributed by atoms with Crippen LogP contribution in [0.15, 0.2) is 39.8 Å². The van der Waals surface area contributed by atoms with Gasteiger partial charge in [-0.15, -0.1) is 13.2 Å². The number of nitrogens with one attached hydrogen (secondary N) is 2. The first kappa shape index (κ1) is 18.5. The number of aromatic nitrogens is 2. The predicted octanol–water partition coefficient (Wildman–Crippen LogP) is 3.21. The van der Waals surface area contributed by atoms with E-state index < -0.39 is 29.6 Å². The number of rotatable bonds is 4. The summed E-state index contributed by atoms with van der Waals surface area (Å²) < 4.78 is 46.3. The second kappa shape index (κ2) is 6.78. The Hall–Kier alpha value is -3.30. The van der Waals surface area contributed by atoms with Gasteiger partial charge in [0.25, 0.3) is 11.5 Å². The van der Waals surface area contributed by atoms with Gasteiger partial charge in [-0.1, -0.05) is 12.1 Å². The second-order valence-corrected chi connectivity index (χ2v) is 5.76. The highest BCUT2D eigenvalue weighted by atomic mass is 19.4. The third kappa shape index (κ3) is 3.94. The van der Waals surface area contributed by atoms with Crippen molar-refractivity contribution in [2.75, 3.05) is 0 Å². The number of carbonyl (C=O) groups is 1. The van der Waals surface area contributed by atoms with Crippen LogP contribution in [0.25, 0.3) is 11.1 Å². The van der Waals surface area contributed by atoms with Gasteiger partial charge in [-0.05, 0) is 31.5 Å². The molecule has 0 bridgehead atoms. The predicted molar refractivity (Wildman–Crippen MR) is 88.4 cm³/mol. The molecule has 0 spiro atoms. The number of alkyl halides is 3. The number of aryl methyl sites for hydroxylation is 1. The van der Waals surface area contributed by atoms with Gasteiger partial charge < -0.3 is 19.5 Å². The number of H-pyrrole nitrogens is 1. The largest absolute Gasteiger partial charge is 0.573 e. The summed E-state index contributed by atoms with van der Waals surface area (Å²) in [6.07, 6.45) is -3.66. The lowest BCUT2D eigenvalue weighted by atomic mass is 10.1. The maximum Gasteiger partial charge on any atom is 0.573 e. The molecule has 1 aromatic carbocycles. The molecule has 2 aromatic heterocycles. The fourth-order valence-corrected chi connectivity index (χ4v) is 2.66. The fraction of sp³-hybridized carbons (Fsp3) is 0.235. The molecule has 0 saturated heterocycles. The van der Waals surface area contributed by atoms with E-state index in [1.54, 1.807) is 13.0 Å². The highest BCUT2D eigenvalue weighted by molar-refractivity contribution is 6.06. The summed E-state index contributed by atoms with van der Waals surface area (Å²) in [6.45, 7) is 3.10. The molecule has 2 heterocycles. The lowest BCUT2D eigenvalue weighted by Gasteiger charge is -2.16. The van der Waals surface area contributed by atoms with Crippen LogP contribution in [0.2, 0.25) is 0 Å². The van der Waals surface area contributed by atoms with Crippen LogP contribution in [0, 0.1) is 6.92 Å². The fourth-order valence-electron chi connectivity index (χ4n) is 2.66. The molecule has 1 amide bonds. The van der Waals surface area contributed by atoms with Crippen LogP contribution in [0.1, 0.15) is 34.6 Å². The van der Waals surface area contributed by atoms with Gasteiger partial charge in [-0.2, -0.15) is 0 Å². The van der Waals surface area contributed by atoms with Crippen LogP contribution in [-0.4, -0.2) is 22.2 Å². The van der Waals surface area contributed by atoms with Gasteiger partial charge in [0, 0.05) is 0 Å². The molecule has 0 aliphatic rings. The number of nitrogens with zero attached hydrogens (tertiary/aromatic N) is 1. The molecule has 2 N–H and O–H groups in total. The minimum absolute atomic E-state index is 0.00820. The number of halogens is 3. The number of fused-ring (bicyclic) bond motifs is 1. The monoisotopic (exact) mass is 381 g/mol. The van der Waals surface area contributed by atoms with Crippen molar-refractivity contribution in [1.82, 2.24) is 15.3 Å². The summed E-state index contributed by atoms with van der Waals surface area (Å²) in [5.41, 5.74) is -0.0960. The topological polar surface area (TPSA) is 97.2 Å². The van der Waals surface area contributed by atoms with Crippen LogP contribution < -0.4 is 15.6 Å². The van der Waals surface area contributed by atoms with E-state index in [1.807, 2.05) is 0 Å². The summed E-state index contributed by atoms with van der Waals surface area (Å²) in [5, 5.41) is 2.64. The summed E-state index contributed by atoms with van der Waals surface area (Å²) in [5.74, 6) is -0.806. The molecule has 7 nitrogen and oxygen atoms in total. The van der Waals surface area contributed by atoms with Gasteiger partial charge in [-0.25, -0.2) is 4.98 Å². The molecule has 27 heavy (non-hydrogen) atoms. The average molecular weight is 381 g/mol. The number of hydrogen-bond donors (Lipinski definition) is 2. The lowest BCUT2D eigenvalue weighted by molar-refractivity contribution is -0.274. The van der Waals surface area contributed by atoms with Gasteiger partial charge in [0.1, 0.15) is 16.9 Å². The normalized spacial score (nSPS) is 12.8. The summed E-state index contributed by atoms with van der Waals surface area (Å²) in [6, 6.07) is 4.60. The Morgan fingerprint density at radius 3 is 2.81 bits per heavy atom. The van der Waals surface area contributed by atoms with Crippen molar-refractivity contribution in [3.05, 3.63) is 57.8 Å². The zero-order valence-electron chi connectivity index (χ0n) is 14.2. The Morgan fingerprint density at radius 2 is 2.11 bits per heavy atom. The third-order valence-electron chi connectivity index (χ3n) is 3.84. The summed E-state index contributed by atoms with van der Waals surface area (Å²) in [4.78, 5) is 30.9. The first-order valence-electron chi connectivity index (χ1n) is 7.79. The molecule has 0 unspecified atom stereocenters. The molecule has 3 aromatic rings. The zero-order chi connectivity index (χ0) is 19.8. The van der Waals surface area contributed by atoms with E-state index >= 15 is 0 Å². The van der Waals surface area contributed by atoms with Crippen molar-refractivity contribution in [1.29, 1.82) is 0 Å². The number of benzene rings is 1. The van der Waals surface area contributed by atoms with E-state index in [4.69, 9.17) is 4.42 Å². The highest BCUT2D eigenvalue weighted by Crippen LogP contribution is 2.26. The molecule has 1 atom stereocenters. The van der Waals surface area contributed by atoms with Crippen LogP contribution in [0.4, 0.5) is 13.2 Å². The molecule has 0 fully saturated rings. The van der Waals surface area contributed by atoms with E-state index in [9.17, 15) is 22.8 Å². The van der Waals surface area contributed by atoms with E-state index in [0.29, 0.717) is 5.56 Å². The molecule has 10 heteroatoms. The number of carbonyl (C=O) groups excluding carboxylic acids is 1. The van der Waals surface area contributed by atoms with Crippen molar-refractivity contribution >= 4 is 17.0 Å². The minimum Gasteiger partial charge on any atom is -0.442 e. The standard InChI is InChI=1S/C17H14F3N3O4/c1-8(10-4-3-5-11(6-10)27-17(18,19)20)23-15(25)12-9(2)26-16-13(12)14(24)21-7-22-16/h3-8H,1-2H3,(H,23,25)(H,21,22,24)/t8-/m0/s1. The Kier molecular flexibility index (Phi) is 4.64. The highest BCUT2D eigenvalue weighted by Gasteiger charge is 2.31. The van der Waals surface area contributed by atoms with E-state index in [1.165, 1.54) is 19.1 Å². The van der Waals surface area contributed by atoms with Crippen LogP contribution in [-0.2, 0) is 0 Å². The van der Waals surface area contributed by atoms with E-state index in [0.717, 1.165) is 12.4 Å². The van der Waals surface area contributed by atoms with Gasteiger partial charge >= 0.3 is 6.36 Å². The maximum atomic E-state index is 12.6. The molecule has 3 rings (SSSR count). The van der Waals surface area contributed by atoms with Crippen molar-refractivity contribution in [3.63, 3.8) is 0 Å². The van der Waals surface area contributed by atoms with Crippen LogP contribution in [0.5, 0.6) is 5.75 Å². The number of ether oxygens (including phenoxy) is 1. The molecular weight excluding hydrogens is 367 g/mol. The van der Waals surface area contributed by atoms with Crippen molar-refractivity contribution in [3.8, 4) is 5.75 Å². The van der Waals surface area contributed by atoms with Gasteiger partial charge in [-0.3, -0.25) is 9.59 Å². The first-order chi connectivity index (χ1) is 12.7. The maximum absolute atomic E-state index is 12.6. The molecule has 0 saturated carbocycles. The lowest BCUT2D eigenvalue weighted by Crippen LogP contribution is -2.28. The number of hydrogen-bond acceptors (Lipinski definition) is 5. The smallest absolute Gasteiger partial charge is 0.442 e. The Labute approximate surface area is 150 Å². The van der Waals surface area contributed by atoms with Crippen LogP contribution >= 0.6 is 0 Å². The summed E-state index contributed by atoms with van der Waals surface area (Å²) in [7, 11) is 0. The van der Waals surface area contributed by atoms with E-state index in [-0.39, 0.29) is 22.4 Å². The zero-order valence-corrected chi connectivity index (χ0v) is 14.2. The average Bonchev–Trinajstić information content (AvgIpc) is 2.91. The third-order valence-corrected chi connectivity index (χ3v) is 3.84. The molecular formula is C17H14F3N3O4. The van der Waals surface area contributed by atoms with Crippen molar-refractivity contribution < 1.29 is 27.1 Å². The quantitative estimate of drug-likeness (QED) is 0.723. The molecule has 0 aliphatic heterocycles. The van der Waals surface area contributed by atoms with Gasteiger partial charge in [0.15, 0.2) is 0 Å². The summed E-state index contributed by atoms with van der Waals surface area (Å²) >= 11 is 0. The van der Waals surface area contributed by atoms with Gasteiger partial charge in [0.05, 0.1) is 17.9 Å². The number of furan rings is 1. The second-order valence-electron chi connectivity index (χ2n) is 5.76. The number of aromatic amines is 1. The Bertz CT molecular complexity index is 1060. The van der Waals surface area contributed by atoms with E-state index in [2.05, 4.69) is 20.0 Å². The Morgan fingerprint density at radius 1 is 1.37 bits per heavy atom. The molecule has 142 valence electrons. The van der Waals surface area contributed by atoms with Crippen LogP contribution in [0.3, 0.4) is 0 Å². The SMILES string of the molecule is Cc1oc2nc[nH]c(=O)c2c1C(=O)N[C@@H](C)c1cccc(OC(F)(F)F)c1. The number of amides is 1. The first-order valence-corrected chi connectivity index (χ1v) is 7.79. The Balaban J connectivity index is 1.86. The van der Waals surface area contributed by atoms with Gasteiger partial charge in [0.2, 0.25) is 5.71 Å².